The summed E-state index contributed by atoms with van der Waals surface area (Å²) in [4.78, 5) is 2.05. The highest BCUT2D eigenvalue weighted by Crippen LogP contribution is 2.15. The van der Waals surface area contributed by atoms with Gasteiger partial charge in [0.1, 0.15) is 0 Å². The van der Waals surface area contributed by atoms with Crippen LogP contribution in [0.4, 0.5) is 0 Å². The molecule has 1 unspecified atom stereocenters. The van der Waals surface area contributed by atoms with Gasteiger partial charge in [-0.05, 0) is 31.0 Å². The molecular weight excluding hydrogens is 196 g/mol. The fraction of sp³-hybridized carbons (Fsp3) is 0.500. The van der Waals surface area contributed by atoms with Crippen LogP contribution in [0, 0.1) is 11.3 Å². The number of hydrogen-bond acceptors (Lipinski definition) is 2. The molecule has 0 heterocycles. The molecule has 0 saturated carbocycles. The summed E-state index contributed by atoms with van der Waals surface area (Å²) in [6, 6.07) is 10.8. The first-order chi connectivity index (χ1) is 7.54. The van der Waals surface area contributed by atoms with Crippen LogP contribution in [0.25, 0.3) is 0 Å². The van der Waals surface area contributed by atoms with E-state index < -0.39 is 0 Å². The molecule has 0 aliphatic heterocycles. The molecule has 0 spiro atoms. The lowest BCUT2D eigenvalue weighted by Crippen LogP contribution is -2.26. The second-order valence-electron chi connectivity index (χ2n) is 4.62. The van der Waals surface area contributed by atoms with Gasteiger partial charge >= 0.3 is 0 Å². The minimum Gasteiger partial charge on any atom is -0.287 e. The van der Waals surface area contributed by atoms with E-state index in [0.29, 0.717) is 5.92 Å². The van der Waals surface area contributed by atoms with Crippen LogP contribution in [0.3, 0.4) is 0 Å². The first kappa shape index (κ1) is 12.7. The Bertz CT molecular complexity index is 359. The van der Waals surface area contributed by atoms with Crippen molar-refractivity contribution < 1.29 is 0 Å². The van der Waals surface area contributed by atoms with Crippen LogP contribution in [0.15, 0.2) is 24.3 Å². The van der Waals surface area contributed by atoms with Gasteiger partial charge in [-0.2, -0.15) is 5.26 Å². The van der Waals surface area contributed by atoms with Crippen LogP contribution < -0.4 is 0 Å². The maximum atomic E-state index is 8.81. The van der Waals surface area contributed by atoms with Crippen molar-refractivity contribution >= 4 is 0 Å². The number of rotatable bonds is 4. The van der Waals surface area contributed by atoms with Crippen LogP contribution in [0.5, 0.6) is 0 Å². The van der Waals surface area contributed by atoms with Crippen molar-refractivity contribution in [2.75, 3.05) is 7.05 Å². The monoisotopic (exact) mass is 216 g/mol. The van der Waals surface area contributed by atoms with E-state index >= 15 is 0 Å². The van der Waals surface area contributed by atoms with Crippen LogP contribution in [0.1, 0.15) is 37.8 Å². The Morgan fingerprint density at radius 3 is 2.19 bits per heavy atom. The average molecular weight is 216 g/mol. The van der Waals surface area contributed by atoms with Gasteiger partial charge in [0.15, 0.2) is 0 Å². The zero-order chi connectivity index (χ0) is 12.1. The summed E-state index contributed by atoms with van der Waals surface area (Å²) in [5.74, 6) is 0.574. The van der Waals surface area contributed by atoms with Crippen molar-refractivity contribution in [1.82, 2.24) is 4.90 Å². The summed E-state index contributed by atoms with van der Waals surface area (Å²) in [5.41, 5.74) is 2.62. The van der Waals surface area contributed by atoms with Gasteiger partial charge in [-0.25, -0.2) is 0 Å². The first-order valence-corrected chi connectivity index (χ1v) is 5.73. The van der Waals surface area contributed by atoms with E-state index in [-0.39, 0.29) is 6.04 Å². The van der Waals surface area contributed by atoms with E-state index in [4.69, 9.17) is 5.26 Å². The zero-order valence-corrected chi connectivity index (χ0v) is 10.6. The van der Waals surface area contributed by atoms with Gasteiger partial charge in [0.05, 0.1) is 12.1 Å². The molecule has 0 fully saturated rings. The highest BCUT2D eigenvalue weighted by Gasteiger charge is 2.08. The molecule has 0 bridgehead atoms. The zero-order valence-electron chi connectivity index (χ0n) is 10.6. The first-order valence-electron chi connectivity index (χ1n) is 5.73. The lowest BCUT2D eigenvalue weighted by atomic mass is 10.0. The molecule has 0 saturated heterocycles. The van der Waals surface area contributed by atoms with Crippen molar-refractivity contribution in [3.05, 3.63) is 35.4 Å². The van der Waals surface area contributed by atoms with Crippen molar-refractivity contribution in [3.63, 3.8) is 0 Å². The summed E-state index contributed by atoms with van der Waals surface area (Å²) in [6.45, 7) is 7.13. The van der Waals surface area contributed by atoms with Gasteiger partial charge in [-0.15, -0.1) is 0 Å². The van der Waals surface area contributed by atoms with Crippen molar-refractivity contribution in [3.8, 4) is 6.07 Å². The molecule has 2 heteroatoms. The Labute approximate surface area is 98.5 Å². The van der Waals surface area contributed by atoms with Gasteiger partial charge in [0, 0.05) is 6.54 Å². The van der Waals surface area contributed by atoms with Crippen molar-refractivity contribution in [2.24, 2.45) is 0 Å². The number of benzene rings is 1. The minimum atomic E-state index is -0.0372. The Hall–Kier alpha value is -1.33. The molecule has 1 aromatic carbocycles. The second kappa shape index (κ2) is 5.67. The Morgan fingerprint density at radius 1 is 1.19 bits per heavy atom. The summed E-state index contributed by atoms with van der Waals surface area (Å²) in [6.07, 6.45) is 0. The largest absolute Gasteiger partial charge is 0.287 e. The van der Waals surface area contributed by atoms with E-state index in [9.17, 15) is 0 Å². The molecule has 0 aromatic heterocycles. The SMILES string of the molecule is CC(C)c1ccc(CN(C)C(C)C#N)cc1. The fourth-order valence-electron chi connectivity index (χ4n) is 1.53. The third-order valence-electron chi connectivity index (χ3n) is 2.93. The predicted molar refractivity (Wildman–Crippen MR) is 67.1 cm³/mol. The molecule has 2 nitrogen and oxygen atoms in total. The molecule has 0 aliphatic carbocycles. The van der Waals surface area contributed by atoms with Crippen LogP contribution in [-0.4, -0.2) is 18.0 Å². The molecule has 16 heavy (non-hydrogen) atoms. The highest BCUT2D eigenvalue weighted by atomic mass is 15.1. The summed E-state index contributed by atoms with van der Waals surface area (Å²) in [5, 5.41) is 8.81. The number of nitriles is 1. The Balaban J connectivity index is 2.66. The van der Waals surface area contributed by atoms with Gasteiger partial charge in [-0.1, -0.05) is 38.1 Å². The van der Waals surface area contributed by atoms with E-state index in [0.717, 1.165) is 6.54 Å². The topological polar surface area (TPSA) is 27.0 Å². The van der Waals surface area contributed by atoms with Gasteiger partial charge in [0.25, 0.3) is 0 Å². The Morgan fingerprint density at radius 2 is 1.75 bits per heavy atom. The van der Waals surface area contributed by atoms with Gasteiger partial charge in [0.2, 0.25) is 0 Å². The van der Waals surface area contributed by atoms with E-state index in [1.807, 2.05) is 18.9 Å². The molecule has 1 rings (SSSR count). The van der Waals surface area contributed by atoms with Crippen LogP contribution in [-0.2, 0) is 6.54 Å². The maximum Gasteiger partial charge on any atom is 0.0949 e. The molecular formula is C14H20N2. The molecule has 0 radical (unpaired) electrons. The maximum absolute atomic E-state index is 8.81. The van der Waals surface area contributed by atoms with Crippen LogP contribution >= 0.6 is 0 Å². The predicted octanol–water partition coefficient (Wildman–Crippen LogP) is 3.15. The van der Waals surface area contributed by atoms with Crippen LogP contribution in [0.2, 0.25) is 0 Å². The van der Waals surface area contributed by atoms with E-state index in [2.05, 4.69) is 44.2 Å². The average Bonchev–Trinajstić information content (AvgIpc) is 2.28. The third-order valence-corrected chi connectivity index (χ3v) is 2.93. The standard InChI is InChI=1S/C14H20N2/c1-11(2)14-7-5-13(6-8-14)10-16(4)12(3)9-15/h5-8,11-12H,10H2,1-4H3. The Kier molecular flexibility index (Phi) is 4.52. The summed E-state index contributed by atoms with van der Waals surface area (Å²) in [7, 11) is 1.98. The lowest BCUT2D eigenvalue weighted by Gasteiger charge is -2.19. The molecule has 1 aromatic rings. The summed E-state index contributed by atoms with van der Waals surface area (Å²) >= 11 is 0. The third kappa shape index (κ3) is 3.36. The molecule has 1 atom stereocenters. The van der Waals surface area contributed by atoms with Gasteiger partial charge < -0.3 is 0 Å². The smallest absolute Gasteiger partial charge is 0.0949 e. The highest BCUT2D eigenvalue weighted by molar-refractivity contribution is 5.24. The normalized spacial score (nSPS) is 12.8. The molecule has 0 aliphatic rings. The lowest BCUT2D eigenvalue weighted by molar-refractivity contribution is 0.294. The fourth-order valence-corrected chi connectivity index (χ4v) is 1.53. The van der Waals surface area contributed by atoms with Crippen molar-refractivity contribution in [2.45, 2.75) is 39.3 Å². The number of hydrogen-bond donors (Lipinski definition) is 0. The number of nitrogens with zero attached hydrogens (tertiary/aromatic N) is 2. The molecule has 86 valence electrons. The van der Waals surface area contributed by atoms with E-state index in [1.54, 1.807) is 0 Å². The minimum absolute atomic E-state index is 0.0372. The second-order valence-corrected chi connectivity index (χ2v) is 4.62. The molecule has 0 amide bonds. The van der Waals surface area contributed by atoms with E-state index in [1.165, 1.54) is 11.1 Å². The molecule has 0 N–H and O–H groups in total. The summed E-state index contributed by atoms with van der Waals surface area (Å²) < 4.78 is 0. The van der Waals surface area contributed by atoms with Gasteiger partial charge in [-0.3, -0.25) is 4.90 Å². The quantitative estimate of drug-likeness (QED) is 0.773. The van der Waals surface area contributed by atoms with Crippen molar-refractivity contribution in [1.29, 1.82) is 5.26 Å².